The Hall–Kier alpha value is -2.94. The second-order valence-electron chi connectivity index (χ2n) is 5.02. The Bertz CT molecular complexity index is 780. The summed E-state index contributed by atoms with van der Waals surface area (Å²) < 4.78 is 0. The molecule has 0 saturated heterocycles. The number of nitrogens with one attached hydrogen (secondary N) is 1. The summed E-state index contributed by atoms with van der Waals surface area (Å²) in [5.74, 6) is 0.0698. The van der Waals surface area contributed by atoms with E-state index in [4.69, 9.17) is 0 Å². The van der Waals surface area contributed by atoms with Gasteiger partial charge >= 0.3 is 0 Å². The molecule has 0 spiro atoms. The average Bonchev–Trinajstić information content (AvgIpc) is 2.57. The van der Waals surface area contributed by atoms with Crippen LogP contribution in [0, 0.1) is 0 Å². The molecule has 0 fully saturated rings. The number of pyridine rings is 1. The van der Waals surface area contributed by atoms with Crippen molar-refractivity contribution in [3.63, 3.8) is 0 Å². The van der Waals surface area contributed by atoms with Crippen LogP contribution in [-0.4, -0.2) is 10.8 Å². The summed E-state index contributed by atoms with van der Waals surface area (Å²) in [5.41, 5.74) is 4.60. The van der Waals surface area contributed by atoms with Crippen LogP contribution in [0.4, 0.5) is 11.4 Å². The molecule has 3 nitrogen and oxygen atoms in total. The predicted molar refractivity (Wildman–Crippen MR) is 89.4 cm³/mol. The number of para-hydroxylation sites is 1. The number of hydrogen-bond acceptors (Lipinski definition) is 3. The quantitative estimate of drug-likeness (QED) is 0.708. The number of ketones is 1. The second kappa shape index (κ2) is 6.22. The van der Waals surface area contributed by atoms with Crippen LogP contribution in [0.15, 0.2) is 72.9 Å². The van der Waals surface area contributed by atoms with E-state index in [0.717, 1.165) is 22.6 Å². The number of anilines is 2. The van der Waals surface area contributed by atoms with E-state index in [0.29, 0.717) is 5.56 Å². The fourth-order valence-electron chi connectivity index (χ4n) is 2.28. The fraction of sp³-hybridized carbons (Fsp3) is 0.0526. The van der Waals surface area contributed by atoms with Crippen LogP contribution in [0.1, 0.15) is 17.3 Å². The van der Waals surface area contributed by atoms with E-state index < -0.39 is 0 Å². The Kier molecular flexibility index (Phi) is 3.97. The minimum atomic E-state index is 0.0698. The van der Waals surface area contributed by atoms with Gasteiger partial charge in [-0.2, -0.15) is 0 Å². The van der Waals surface area contributed by atoms with Crippen LogP contribution in [-0.2, 0) is 0 Å². The summed E-state index contributed by atoms with van der Waals surface area (Å²) in [6.45, 7) is 1.57. The number of carbonyl (C=O) groups is 1. The lowest BCUT2D eigenvalue weighted by Crippen LogP contribution is -1.96. The lowest BCUT2D eigenvalue weighted by atomic mass is 10.1. The normalized spacial score (nSPS) is 10.2. The molecule has 22 heavy (non-hydrogen) atoms. The second-order valence-corrected chi connectivity index (χ2v) is 5.02. The van der Waals surface area contributed by atoms with Gasteiger partial charge in [0.25, 0.3) is 0 Å². The zero-order valence-electron chi connectivity index (χ0n) is 12.3. The van der Waals surface area contributed by atoms with Gasteiger partial charge in [-0.15, -0.1) is 0 Å². The van der Waals surface area contributed by atoms with Gasteiger partial charge in [-0.05, 0) is 49.4 Å². The lowest BCUT2D eigenvalue weighted by molar-refractivity contribution is 0.101. The van der Waals surface area contributed by atoms with Gasteiger partial charge in [0, 0.05) is 28.7 Å². The van der Waals surface area contributed by atoms with Crippen LogP contribution in [0.3, 0.4) is 0 Å². The maximum absolute atomic E-state index is 11.3. The highest BCUT2D eigenvalue weighted by Gasteiger charge is 2.06. The third-order valence-corrected chi connectivity index (χ3v) is 3.44. The molecule has 0 aliphatic rings. The average molecular weight is 288 g/mol. The van der Waals surface area contributed by atoms with Crippen molar-refractivity contribution in [2.75, 3.05) is 5.32 Å². The molecule has 1 heterocycles. The first-order valence-electron chi connectivity index (χ1n) is 7.12. The maximum Gasteiger partial charge on any atom is 0.159 e. The zero-order valence-corrected chi connectivity index (χ0v) is 12.3. The summed E-state index contributed by atoms with van der Waals surface area (Å²) >= 11 is 0. The molecule has 0 amide bonds. The Morgan fingerprint density at radius 3 is 2.32 bits per heavy atom. The van der Waals surface area contributed by atoms with Crippen molar-refractivity contribution in [2.24, 2.45) is 0 Å². The van der Waals surface area contributed by atoms with E-state index in [2.05, 4.69) is 10.3 Å². The molecule has 0 aliphatic heterocycles. The van der Waals surface area contributed by atoms with Gasteiger partial charge in [0.2, 0.25) is 0 Å². The Morgan fingerprint density at radius 2 is 1.64 bits per heavy atom. The summed E-state index contributed by atoms with van der Waals surface area (Å²) in [6, 6.07) is 21.4. The number of rotatable bonds is 4. The van der Waals surface area contributed by atoms with E-state index in [1.807, 2.05) is 66.7 Å². The number of hydrogen-bond donors (Lipinski definition) is 1. The summed E-state index contributed by atoms with van der Waals surface area (Å²) in [7, 11) is 0. The van der Waals surface area contributed by atoms with Gasteiger partial charge in [-0.1, -0.05) is 24.3 Å². The molecule has 108 valence electrons. The molecule has 3 rings (SSSR count). The van der Waals surface area contributed by atoms with E-state index in [-0.39, 0.29) is 5.78 Å². The number of carbonyl (C=O) groups excluding carboxylic acids is 1. The lowest BCUT2D eigenvalue weighted by Gasteiger charge is -2.12. The van der Waals surface area contributed by atoms with Crippen molar-refractivity contribution in [2.45, 2.75) is 6.92 Å². The molecular weight excluding hydrogens is 272 g/mol. The minimum absolute atomic E-state index is 0.0698. The monoisotopic (exact) mass is 288 g/mol. The van der Waals surface area contributed by atoms with Crippen molar-refractivity contribution in [1.82, 2.24) is 4.98 Å². The van der Waals surface area contributed by atoms with E-state index in [1.54, 1.807) is 13.1 Å². The van der Waals surface area contributed by atoms with Gasteiger partial charge < -0.3 is 5.32 Å². The Morgan fingerprint density at radius 1 is 0.909 bits per heavy atom. The molecule has 0 bridgehead atoms. The smallest absolute Gasteiger partial charge is 0.159 e. The molecule has 0 radical (unpaired) electrons. The molecule has 0 aliphatic carbocycles. The van der Waals surface area contributed by atoms with Gasteiger partial charge in [-0.25, -0.2) is 0 Å². The van der Waals surface area contributed by atoms with E-state index >= 15 is 0 Å². The van der Waals surface area contributed by atoms with Gasteiger partial charge in [-0.3, -0.25) is 9.78 Å². The summed E-state index contributed by atoms with van der Waals surface area (Å²) in [4.78, 5) is 15.7. The van der Waals surface area contributed by atoms with Crippen molar-refractivity contribution in [3.05, 3.63) is 78.5 Å². The van der Waals surface area contributed by atoms with E-state index in [1.165, 1.54) is 0 Å². The highest BCUT2D eigenvalue weighted by Crippen LogP contribution is 2.28. The van der Waals surface area contributed by atoms with E-state index in [9.17, 15) is 4.79 Å². The van der Waals surface area contributed by atoms with Gasteiger partial charge in [0.05, 0.1) is 5.69 Å². The molecule has 0 atom stereocenters. The molecule has 0 unspecified atom stereocenters. The molecule has 1 N–H and O–H groups in total. The first-order valence-corrected chi connectivity index (χ1v) is 7.12. The SMILES string of the molecule is CC(=O)c1ccc(Nc2ccccc2-c2ccccn2)cc1. The van der Waals surface area contributed by atoms with Gasteiger partial charge in [0.1, 0.15) is 0 Å². The van der Waals surface area contributed by atoms with Crippen molar-refractivity contribution in [3.8, 4) is 11.3 Å². The topological polar surface area (TPSA) is 42.0 Å². The van der Waals surface area contributed by atoms with Crippen LogP contribution in [0.5, 0.6) is 0 Å². The minimum Gasteiger partial charge on any atom is -0.355 e. The standard InChI is InChI=1S/C19H16N2O/c1-14(22)15-9-11-16(12-10-15)21-19-8-3-2-6-17(19)18-7-4-5-13-20-18/h2-13,21H,1H3. The molecule has 3 heteroatoms. The number of nitrogens with zero attached hydrogens (tertiary/aromatic N) is 1. The predicted octanol–water partition coefficient (Wildman–Crippen LogP) is 4.69. The largest absolute Gasteiger partial charge is 0.355 e. The molecule has 2 aromatic carbocycles. The van der Waals surface area contributed by atoms with Crippen molar-refractivity contribution < 1.29 is 4.79 Å². The zero-order chi connectivity index (χ0) is 15.4. The summed E-state index contributed by atoms with van der Waals surface area (Å²) in [6.07, 6.45) is 1.79. The Labute approximate surface area is 129 Å². The van der Waals surface area contributed by atoms with Crippen LogP contribution >= 0.6 is 0 Å². The number of benzene rings is 2. The molecule has 1 aromatic heterocycles. The first-order chi connectivity index (χ1) is 10.7. The third kappa shape index (κ3) is 3.04. The van der Waals surface area contributed by atoms with Gasteiger partial charge in [0.15, 0.2) is 5.78 Å². The highest BCUT2D eigenvalue weighted by molar-refractivity contribution is 5.94. The van der Waals surface area contributed by atoms with Crippen molar-refractivity contribution in [1.29, 1.82) is 0 Å². The Balaban J connectivity index is 1.91. The van der Waals surface area contributed by atoms with Crippen LogP contribution in [0.2, 0.25) is 0 Å². The molecular formula is C19H16N2O. The number of aromatic nitrogens is 1. The fourth-order valence-corrected chi connectivity index (χ4v) is 2.28. The maximum atomic E-state index is 11.3. The van der Waals surface area contributed by atoms with Crippen LogP contribution < -0.4 is 5.32 Å². The first kappa shape index (κ1) is 14.0. The third-order valence-electron chi connectivity index (χ3n) is 3.44. The summed E-state index contributed by atoms with van der Waals surface area (Å²) in [5, 5.41) is 3.39. The van der Waals surface area contributed by atoms with Crippen molar-refractivity contribution >= 4 is 17.2 Å². The van der Waals surface area contributed by atoms with Crippen LogP contribution in [0.25, 0.3) is 11.3 Å². The molecule has 0 saturated carbocycles. The highest BCUT2D eigenvalue weighted by atomic mass is 16.1. The number of Topliss-reactive ketones (excluding diaryl/α,β-unsaturated/α-hetero) is 1. The molecule has 3 aromatic rings.